The summed E-state index contributed by atoms with van der Waals surface area (Å²) >= 11 is 0. The van der Waals surface area contributed by atoms with Crippen molar-refractivity contribution in [1.82, 2.24) is 0 Å². The molecule has 1 aromatic carbocycles. The van der Waals surface area contributed by atoms with E-state index in [9.17, 15) is 13.2 Å². The minimum absolute atomic E-state index is 0.00538. The molecule has 0 heterocycles. The predicted octanol–water partition coefficient (Wildman–Crippen LogP) is 3.81. The van der Waals surface area contributed by atoms with Gasteiger partial charge in [0.2, 0.25) is 0 Å². The van der Waals surface area contributed by atoms with Gasteiger partial charge in [0.15, 0.2) is 0 Å². The van der Waals surface area contributed by atoms with Crippen LogP contribution < -0.4 is 5.73 Å². The van der Waals surface area contributed by atoms with E-state index in [0.29, 0.717) is 5.56 Å². The number of hydrogen-bond donors (Lipinski definition) is 1. The summed E-state index contributed by atoms with van der Waals surface area (Å²) in [4.78, 5) is 0. The van der Waals surface area contributed by atoms with Gasteiger partial charge in [-0.3, -0.25) is 0 Å². The maximum absolute atomic E-state index is 12.7. The summed E-state index contributed by atoms with van der Waals surface area (Å²) in [5.74, 6) is 0. The third kappa shape index (κ3) is 3.48. The maximum Gasteiger partial charge on any atom is 0.406 e. The molecule has 102 valence electrons. The van der Waals surface area contributed by atoms with Gasteiger partial charge < -0.3 is 5.73 Å². The van der Waals surface area contributed by atoms with Crippen LogP contribution >= 0.6 is 0 Å². The highest BCUT2D eigenvalue weighted by molar-refractivity contribution is 5.28. The SMILES string of the molecule is CC(C)(C)c1ccc(CC(C)(N)C(F)(F)F)cc1. The summed E-state index contributed by atoms with van der Waals surface area (Å²) < 4.78 is 38.0. The van der Waals surface area contributed by atoms with Crippen LogP contribution in [0.5, 0.6) is 0 Å². The van der Waals surface area contributed by atoms with Crippen molar-refractivity contribution in [3.8, 4) is 0 Å². The van der Waals surface area contributed by atoms with Crippen LogP contribution in [-0.4, -0.2) is 11.7 Å². The second kappa shape index (κ2) is 4.57. The second-order valence-corrected chi connectivity index (χ2v) is 6.04. The summed E-state index contributed by atoms with van der Waals surface area (Å²) in [6.45, 7) is 7.20. The Morgan fingerprint density at radius 3 is 1.72 bits per heavy atom. The molecular formula is C14H20F3N. The Bertz CT molecular complexity index is 397. The van der Waals surface area contributed by atoms with Gasteiger partial charge in [-0.15, -0.1) is 0 Å². The van der Waals surface area contributed by atoms with E-state index in [1.54, 1.807) is 12.1 Å². The first-order chi connectivity index (χ1) is 7.93. The van der Waals surface area contributed by atoms with Gasteiger partial charge in [-0.2, -0.15) is 13.2 Å². The van der Waals surface area contributed by atoms with Crippen LogP contribution in [0.2, 0.25) is 0 Å². The van der Waals surface area contributed by atoms with Crippen molar-refractivity contribution in [1.29, 1.82) is 0 Å². The van der Waals surface area contributed by atoms with E-state index in [0.717, 1.165) is 12.5 Å². The molecule has 1 unspecified atom stereocenters. The van der Waals surface area contributed by atoms with Crippen molar-refractivity contribution in [3.05, 3.63) is 35.4 Å². The van der Waals surface area contributed by atoms with Crippen LogP contribution in [0.4, 0.5) is 13.2 Å². The van der Waals surface area contributed by atoms with Gasteiger partial charge in [0, 0.05) is 0 Å². The fourth-order valence-electron chi connectivity index (χ4n) is 1.65. The van der Waals surface area contributed by atoms with Crippen LogP contribution in [0.25, 0.3) is 0 Å². The number of alkyl halides is 3. The molecule has 1 nitrogen and oxygen atoms in total. The first-order valence-electron chi connectivity index (χ1n) is 5.88. The third-order valence-electron chi connectivity index (χ3n) is 3.04. The molecule has 0 aromatic heterocycles. The predicted molar refractivity (Wildman–Crippen MR) is 67.5 cm³/mol. The lowest BCUT2D eigenvalue weighted by Gasteiger charge is -2.28. The van der Waals surface area contributed by atoms with Gasteiger partial charge in [-0.25, -0.2) is 0 Å². The second-order valence-electron chi connectivity index (χ2n) is 6.04. The highest BCUT2D eigenvalue weighted by Crippen LogP contribution is 2.31. The minimum atomic E-state index is -4.39. The summed E-state index contributed by atoms with van der Waals surface area (Å²) in [5.41, 5.74) is 4.83. The summed E-state index contributed by atoms with van der Waals surface area (Å²) in [5, 5.41) is 0. The zero-order valence-corrected chi connectivity index (χ0v) is 11.2. The number of benzene rings is 1. The van der Waals surface area contributed by atoms with Crippen molar-refractivity contribution < 1.29 is 13.2 Å². The summed E-state index contributed by atoms with van der Waals surface area (Å²) in [6.07, 6.45) is -4.60. The average Bonchev–Trinajstić information content (AvgIpc) is 2.14. The third-order valence-corrected chi connectivity index (χ3v) is 3.04. The molecule has 0 aliphatic rings. The Morgan fingerprint density at radius 1 is 0.944 bits per heavy atom. The minimum Gasteiger partial charge on any atom is -0.318 e. The molecule has 0 fully saturated rings. The smallest absolute Gasteiger partial charge is 0.318 e. The molecule has 1 atom stereocenters. The average molecular weight is 259 g/mol. The molecule has 1 aromatic rings. The van der Waals surface area contributed by atoms with E-state index in [1.165, 1.54) is 0 Å². The zero-order valence-electron chi connectivity index (χ0n) is 11.2. The van der Waals surface area contributed by atoms with Gasteiger partial charge >= 0.3 is 6.18 Å². The van der Waals surface area contributed by atoms with E-state index in [-0.39, 0.29) is 11.8 Å². The number of nitrogens with two attached hydrogens (primary N) is 1. The standard InChI is InChI=1S/C14H20F3N/c1-12(2,3)11-7-5-10(6-8-11)9-13(4,18)14(15,16)17/h5-8H,9,18H2,1-4H3. The Labute approximate surface area is 106 Å². The first-order valence-corrected chi connectivity index (χ1v) is 5.88. The van der Waals surface area contributed by atoms with Crippen molar-refractivity contribution in [3.63, 3.8) is 0 Å². The molecule has 4 heteroatoms. The lowest BCUT2D eigenvalue weighted by Crippen LogP contribution is -2.52. The molecule has 0 aliphatic heterocycles. The van der Waals surface area contributed by atoms with Gasteiger partial charge in [0.25, 0.3) is 0 Å². The van der Waals surface area contributed by atoms with E-state index < -0.39 is 11.7 Å². The number of halogens is 3. The Morgan fingerprint density at radius 2 is 1.39 bits per heavy atom. The number of rotatable bonds is 2. The molecule has 0 amide bonds. The van der Waals surface area contributed by atoms with Gasteiger partial charge in [0.1, 0.15) is 5.54 Å². The Hall–Kier alpha value is -1.03. The zero-order chi connectivity index (χ0) is 14.2. The van der Waals surface area contributed by atoms with E-state index >= 15 is 0 Å². The van der Waals surface area contributed by atoms with Crippen LogP contribution in [0.15, 0.2) is 24.3 Å². The molecule has 0 saturated carbocycles. The quantitative estimate of drug-likeness (QED) is 0.858. The fourth-order valence-corrected chi connectivity index (χ4v) is 1.65. The molecule has 18 heavy (non-hydrogen) atoms. The van der Waals surface area contributed by atoms with Crippen molar-refractivity contribution >= 4 is 0 Å². The van der Waals surface area contributed by atoms with E-state index in [1.807, 2.05) is 12.1 Å². The van der Waals surface area contributed by atoms with Crippen LogP contribution in [0, 0.1) is 0 Å². The topological polar surface area (TPSA) is 26.0 Å². The molecule has 2 N–H and O–H groups in total. The lowest BCUT2D eigenvalue weighted by atomic mass is 9.85. The summed E-state index contributed by atoms with van der Waals surface area (Å²) in [7, 11) is 0. The molecule has 0 saturated heterocycles. The molecular weight excluding hydrogens is 239 g/mol. The summed E-state index contributed by atoms with van der Waals surface area (Å²) in [6, 6.07) is 7.17. The van der Waals surface area contributed by atoms with Gasteiger partial charge in [-0.05, 0) is 29.9 Å². The largest absolute Gasteiger partial charge is 0.406 e. The fraction of sp³-hybridized carbons (Fsp3) is 0.571. The monoisotopic (exact) mass is 259 g/mol. The van der Waals surface area contributed by atoms with Crippen molar-refractivity contribution in [2.75, 3.05) is 0 Å². The van der Waals surface area contributed by atoms with Crippen molar-refractivity contribution in [2.24, 2.45) is 5.73 Å². The molecule has 0 radical (unpaired) electrons. The molecule has 0 aliphatic carbocycles. The highest BCUT2D eigenvalue weighted by atomic mass is 19.4. The van der Waals surface area contributed by atoms with Crippen LogP contribution in [0.3, 0.4) is 0 Å². The highest BCUT2D eigenvalue weighted by Gasteiger charge is 2.47. The van der Waals surface area contributed by atoms with E-state index in [4.69, 9.17) is 5.73 Å². The Balaban J connectivity index is 2.89. The van der Waals surface area contributed by atoms with Gasteiger partial charge in [-0.1, -0.05) is 45.0 Å². The lowest BCUT2D eigenvalue weighted by molar-refractivity contribution is -0.180. The first kappa shape index (κ1) is 15.0. The Kier molecular flexibility index (Phi) is 3.82. The van der Waals surface area contributed by atoms with Crippen LogP contribution in [0.1, 0.15) is 38.8 Å². The molecule has 0 spiro atoms. The maximum atomic E-state index is 12.7. The van der Waals surface area contributed by atoms with Crippen molar-refractivity contribution in [2.45, 2.75) is 51.2 Å². The van der Waals surface area contributed by atoms with E-state index in [2.05, 4.69) is 20.8 Å². The van der Waals surface area contributed by atoms with Crippen LogP contribution in [-0.2, 0) is 11.8 Å². The normalized spacial score (nSPS) is 16.4. The molecule has 0 bridgehead atoms. The number of hydrogen-bond acceptors (Lipinski definition) is 1. The molecule has 1 rings (SSSR count). The van der Waals surface area contributed by atoms with Gasteiger partial charge in [0.05, 0.1) is 0 Å².